The van der Waals surface area contributed by atoms with Crippen molar-refractivity contribution >= 4 is 28.2 Å². The molecule has 3 aromatic rings. The maximum atomic E-state index is 13.0. The van der Waals surface area contributed by atoms with E-state index in [1.807, 2.05) is 12.1 Å². The Morgan fingerprint density at radius 1 is 1.24 bits per heavy atom. The van der Waals surface area contributed by atoms with Crippen molar-refractivity contribution in [1.29, 1.82) is 0 Å². The summed E-state index contributed by atoms with van der Waals surface area (Å²) in [6.45, 7) is 6.07. The summed E-state index contributed by atoms with van der Waals surface area (Å²) in [5.41, 5.74) is 2.67. The second kappa shape index (κ2) is 7.67. The fraction of sp³-hybridized carbons (Fsp3) is 0.400. The number of nitrogens with zero attached hydrogens (tertiary/aromatic N) is 5. The zero-order valence-electron chi connectivity index (χ0n) is 17.0. The Balaban J connectivity index is 1.76. The number of carbonyl (C=O) groups excluding carboxylic acids is 1. The Kier molecular flexibility index (Phi) is 5.06. The van der Waals surface area contributed by atoms with Gasteiger partial charge in [-0.15, -0.1) is 0 Å². The lowest BCUT2D eigenvalue weighted by molar-refractivity contribution is 0.102. The fourth-order valence-electron chi connectivity index (χ4n) is 3.85. The maximum Gasteiger partial charge on any atom is 0.316 e. The number of benzene rings is 1. The molecule has 4 rings (SSSR count). The molecule has 1 aromatic carbocycles. The first-order valence-electron chi connectivity index (χ1n) is 9.59. The smallest absolute Gasteiger partial charge is 0.316 e. The Hall–Kier alpha value is -3.20. The number of hydrogen-bond acceptors (Lipinski definition) is 7. The molecule has 0 aliphatic carbocycles. The maximum absolute atomic E-state index is 13.0. The van der Waals surface area contributed by atoms with Crippen LogP contribution < -0.4 is 20.3 Å². The zero-order valence-corrected chi connectivity index (χ0v) is 17.0. The van der Waals surface area contributed by atoms with Crippen molar-refractivity contribution in [2.45, 2.75) is 25.9 Å². The Morgan fingerprint density at radius 2 is 2.00 bits per heavy atom. The van der Waals surface area contributed by atoms with Crippen LogP contribution in [0.2, 0.25) is 0 Å². The Labute approximate surface area is 169 Å². The highest BCUT2D eigenvalue weighted by Crippen LogP contribution is 2.30. The summed E-state index contributed by atoms with van der Waals surface area (Å²) in [7, 11) is 3.31. The van der Waals surface area contributed by atoms with E-state index < -0.39 is 0 Å². The number of aryl methyl sites for hydroxylation is 1. The largest absolute Gasteiger partial charge is 0.467 e. The van der Waals surface area contributed by atoms with Crippen molar-refractivity contribution in [3.63, 3.8) is 0 Å². The first kappa shape index (κ1) is 19.1. The van der Waals surface area contributed by atoms with Gasteiger partial charge in [0, 0.05) is 55.7 Å². The third kappa shape index (κ3) is 3.86. The van der Waals surface area contributed by atoms with E-state index in [0.29, 0.717) is 28.9 Å². The van der Waals surface area contributed by atoms with Gasteiger partial charge >= 0.3 is 6.01 Å². The molecule has 9 heteroatoms. The molecule has 1 amide bonds. The third-order valence-electron chi connectivity index (χ3n) is 4.99. The number of ether oxygens (including phenoxy) is 1. The SMILES string of the molecule is COc1ncc2c(N3C[C@@H](C)N[C@@H](C)C3)ccc(C(=O)Nc3cnn(C)c3)c2n1. The minimum atomic E-state index is -0.252. The lowest BCUT2D eigenvalue weighted by Gasteiger charge is -2.38. The summed E-state index contributed by atoms with van der Waals surface area (Å²) in [6, 6.07) is 4.74. The minimum absolute atomic E-state index is 0.229. The van der Waals surface area contributed by atoms with Crippen LogP contribution in [0.1, 0.15) is 24.2 Å². The molecule has 2 aromatic heterocycles. The van der Waals surface area contributed by atoms with E-state index in [1.165, 1.54) is 7.11 Å². The topological polar surface area (TPSA) is 97.2 Å². The van der Waals surface area contributed by atoms with Crippen LogP contribution in [0.4, 0.5) is 11.4 Å². The van der Waals surface area contributed by atoms with Crippen LogP contribution in [0.25, 0.3) is 10.9 Å². The van der Waals surface area contributed by atoms with Gasteiger partial charge in [0.25, 0.3) is 5.91 Å². The van der Waals surface area contributed by atoms with Gasteiger partial charge in [-0.25, -0.2) is 4.98 Å². The molecule has 0 radical (unpaired) electrons. The third-order valence-corrected chi connectivity index (χ3v) is 4.99. The van der Waals surface area contributed by atoms with Gasteiger partial charge in [0.2, 0.25) is 0 Å². The molecule has 152 valence electrons. The van der Waals surface area contributed by atoms with E-state index in [2.05, 4.69) is 44.4 Å². The van der Waals surface area contributed by atoms with E-state index in [-0.39, 0.29) is 11.9 Å². The van der Waals surface area contributed by atoms with Crippen LogP contribution >= 0.6 is 0 Å². The van der Waals surface area contributed by atoms with Crippen LogP contribution in [-0.2, 0) is 7.05 Å². The molecule has 29 heavy (non-hydrogen) atoms. The van der Waals surface area contributed by atoms with Crippen molar-refractivity contribution < 1.29 is 9.53 Å². The second-order valence-electron chi connectivity index (χ2n) is 7.48. The first-order chi connectivity index (χ1) is 13.9. The fourth-order valence-corrected chi connectivity index (χ4v) is 3.85. The second-order valence-corrected chi connectivity index (χ2v) is 7.48. The van der Waals surface area contributed by atoms with Gasteiger partial charge in [-0.1, -0.05) is 0 Å². The van der Waals surface area contributed by atoms with E-state index in [1.54, 1.807) is 30.3 Å². The highest BCUT2D eigenvalue weighted by Gasteiger charge is 2.24. The van der Waals surface area contributed by atoms with E-state index in [9.17, 15) is 4.79 Å². The lowest BCUT2D eigenvalue weighted by Crippen LogP contribution is -2.54. The summed E-state index contributed by atoms with van der Waals surface area (Å²) in [6.07, 6.45) is 5.08. The quantitative estimate of drug-likeness (QED) is 0.695. The van der Waals surface area contributed by atoms with E-state index in [4.69, 9.17) is 4.74 Å². The van der Waals surface area contributed by atoms with Gasteiger partial charge in [0.1, 0.15) is 0 Å². The van der Waals surface area contributed by atoms with Gasteiger partial charge in [0.05, 0.1) is 30.1 Å². The van der Waals surface area contributed by atoms with Gasteiger partial charge in [-0.3, -0.25) is 9.48 Å². The first-order valence-corrected chi connectivity index (χ1v) is 9.59. The predicted molar refractivity (Wildman–Crippen MR) is 112 cm³/mol. The number of piperazine rings is 1. The molecule has 0 spiro atoms. The average Bonchev–Trinajstić information content (AvgIpc) is 3.10. The van der Waals surface area contributed by atoms with Crippen LogP contribution in [0.5, 0.6) is 6.01 Å². The van der Waals surface area contributed by atoms with Crippen molar-refractivity contribution in [2.75, 3.05) is 30.4 Å². The van der Waals surface area contributed by atoms with Crippen molar-refractivity contribution in [3.8, 4) is 6.01 Å². The average molecular weight is 395 g/mol. The molecular weight excluding hydrogens is 370 g/mol. The molecule has 0 bridgehead atoms. The van der Waals surface area contributed by atoms with Crippen LogP contribution in [-0.4, -0.2) is 57.9 Å². The Morgan fingerprint density at radius 3 is 2.66 bits per heavy atom. The van der Waals surface area contributed by atoms with Crippen molar-refractivity contribution in [1.82, 2.24) is 25.1 Å². The molecule has 9 nitrogen and oxygen atoms in total. The van der Waals surface area contributed by atoms with Gasteiger partial charge in [-0.2, -0.15) is 10.1 Å². The number of aromatic nitrogens is 4. The molecule has 1 aliphatic rings. The Bertz CT molecular complexity index is 1040. The molecule has 3 heterocycles. The molecule has 1 saturated heterocycles. The molecule has 1 aliphatic heterocycles. The van der Waals surface area contributed by atoms with Crippen LogP contribution in [0.15, 0.2) is 30.7 Å². The van der Waals surface area contributed by atoms with Crippen molar-refractivity contribution in [2.24, 2.45) is 7.05 Å². The molecule has 2 N–H and O–H groups in total. The molecule has 0 unspecified atom stereocenters. The van der Waals surface area contributed by atoms with Crippen molar-refractivity contribution in [3.05, 3.63) is 36.3 Å². The zero-order chi connectivity index (χ0) is 20.5. The number of methoxy groups -OCH3 is 1. The van der Waals surface area contributed by atoms with Gasteiger partial charge < -0.3 is 20.3 Å². The lowest BCUT2D eigenvalue weighted by atomic mass is 10.0. The summed E-state index contributed by atoms with van der Waals surface area (Å²) < 4.78 is 6.84. The number of amides is 1. The van der Waals surface area contributed by atoms with E-state index in [0.717, 1.165) is 24.2 Å². The number of rotatable bonds is 4. The molecular formula is C20H25N7O2. The monoisotopic (exact) mass is 395 g/mol. The summed E-state index contributed by atoms with van der Waals surface area (Å²) >= 11 is 0. The van der Waals surface area contributed by atoms with Gasteiger partial charge in [-0.05, 0) is 26.0 Å². The molecule has 1 fully saturated rings. The number of carbonyl (C=O) groups is 1. The summed E-state index contributed by atoms with van der Waals surface area (Å²) in [4.78, 5) is 24.1. The normalized spacial score (nSPS) is 19.4. The minimum Gasteiger partial charge on any atom is -0.467 e. The number of hydrogen-bond donors (Lipinski definition) is 2. The number of nitrogens with one attached hydrogen (secondary N) is 2. The molecule has 0 saturated carbocycles. The van der Waals surface area contributed by atoms with Crippen LogP contribution in [0, 0.1) is 0 Å². The van der Waals surface area contributed by atoms with E-state index >= 15 is 0 Å². The summed E-state index contributed by atoms with van der Waals surface area (Å²) in [5.74, 6) is -0.252. The predicted octanol–water partition coefficient (Wildman–Crippen LogP) is 1.81. The van der Waals surface area contributed by atoms with Crippen LogP contribution in [0.3, 0.4) is 0 Å². The van der Waals surface area contributed by atoms with Gasteiger partial charge in [0.15, 0.2) is 0 Å². The highest BCUT2D eigenvalue weighted by atomic mass is 16.5. The summed E-state index contributed by atoms with van der Waals surface area (Å²) in [5, 5.41) is 11.3. The standard InChI is InChI=1S/C20H25N7O2/c1-12-9-27(10-13(2)23-12)17-6-5-15(18-16(17)8-21-20(25-18)29-4)19(28)24-14-7-22-26(3)11-14/h5-8,11-13,23H,9-10H2,1-4H3,(H,24,28)/t12-,13+. The number of anilines is 2. The number of fused-ring (bicyclic) bond motifs is 1. The molecule has 2 atom stereocenters. The highest BCUT2D eigenvalue weighted by molar-refractivity contribution is 6.13.